The molecule has 2 fully saturated rings. The van der Waals surface area contributed by atoms with Crippen LogP contribution in [0.25, 0.3) is 0 Å². The van der Waals surface area contributed by atoms with Gasteiger partial charge in [0.2, 0.25) is 5.91 Å². The number of halogens is 3. The Morgan fingerprint density at radius 1 is 0.833 bits per heavy atom. The molecule has 0 saturated carbocycles. The number of piperidine rings is 2. The maximum Gasteiger partial charge on any atom is 0.573 e. The molecule has 9 heteroatoms. The minimum atomic E-state index is -4.79. The van der Waals surface area contributed by atoms with Crippen LogP contribution in [-0.2, 0) is 4.79 Å². The molecule has 0 spiro atoms. The van der Waals surface area contributed by atoms with E-state index in [2.05, 4.69) is 4.74 Å². The highest BCUT2D eigenvalue weighted by Gasteiger charge is 2.41. The second-order valence-corrected chi connectivity index (χ2v) is 9.62. The van der Waals surface area contributed by atoms with Crippen LogP contribution in [0.3, 0.4) is 0 Å². The van der Waals surface area contributed by atoms with E-state index in [1.54, 1.807) is 4.90 Å². The van der Waals surface area contributed by atoms with Crippen LogP contribution in [0.4, 0.5) is 13.2 Å². The van der Waals surface area contributed by atoms with E-state index in [-0.39, 0.29) is 29.5 Å². The van der Waals surface area contributed by atoms with Crippen molar-refractivity contribution in [2.24, 2.45) is 5.41 Å². The molecule has 2 heterocycles. The predicted molar refractivity (Wildman–Crippen MR) is 128 cm³/mol. The van der Waals surface area contributed by atoms with Crippen LogP contribution in [0, 0.1) is 5.41 Å². The van der Waals surface area contributed by atoms with E-state index in [4.69, 9.17) is 4.74 Å². The summed E-state index contributed by atoms with van der Waals surface area (Å²) in [7, 11) is 0. The quantitative estimate of drug-likeness (QED) is 0.514. The first kappa shape index (κ1) is 25.9. The second kappa shape index (κ2) is 11.2. The van der Waals surface area contributed by atoms with Crippen LogP contribution in [0.2, 0.25) is 0 Å². The summed E-state index contributed by atoms with van der Waals surface area (Å²) in [6.07, 6.45) is 0.0462. The molecular weight excluding hydrogens is 473 g/mol. The van der Waals surface area contributed by atoms with Crippen molar-refractivity contribution in [1.82, 2.24) is 9.80 Å². The van der Waals surface area contributed by atoms with Gasteiger partial charge in [0.05, 0.1) is 6.61 Å². The molecule has 0 aromatic heterocycles. The number of amides is 2. The van der Waals surface area contributed by atoms with Crippen molar-refractivity contribution in [1.29, 1.82) is 0 Å². The van der Waals surface area contributed by atoms with Gasteiger partial charge in [-0.2, -0.15) is 0 Å². The molecule has 2 aromatic rings. The monoisotopic (exact) mass is 504 g/mol. The molecule has 0 radical (unpaired) electrons. The van der Waals surface area contributed by atoms with E-state index >= 15 is 0 Å². The van der Waals surface area contributed by atoms with Gasteiger partial charge in [0.1, 0.15) is 11.5 Å². The fraction of sp³-hybridized carbons (Fsp3) is 0.481. The number of rotatable bonds is 7. The van der Waals surface area contributed by atoms with Gasteiger partial charge in [-0.1, -0.05) is 18.2 Å². The number of benzene rings is 2. The Kier molecular flexibility index (Phi) is 8.06. The molecule has 2 amide bonds. The largest absolute Gasteiger partial charge is 0.573 e. The average Bonchev–Trinajstić information content (AvgIpc) is 2.88. The number of hydrogen-bond donors (Lipinski definition) is 0. The van der Waals surface area contributed by atoms with Crippen molar-refractivity contribution in [3.05, 3.63) is 60.2 Å². The number of likely N-dealkylation sites (tertiary alicyclic amines) is 2. The molecule has 1 atom stereocenters. The second-order valence-electron chi connectivity index (χ2n) is 9.62. The van der Waals surface area contributed by atoms with E-state index in [0.29, 0.717) is 31.9 Å². The first-order valence-electron chi connectivity index (χ1n) is 12.3. The van der Waals surface area contributed by atoms with Crippen LogP contribution in [0.15, 0.2) is 54.6 Å². The Hall–Kier alpha value is -3.23. The zero-order chi connectivity index (χ0) is 25.6. The Morgan fingerprint density at radius 2 is 1.50 bits per heavy atom. The van der Waals surface area contributed by atoms with E-state index < -0.39 is 11.8 Å². The molecule has 6 nitrogen and oxygen atoms in total. The van der Waals surface area contributed by atoms with Crippen LogP contribution in [0.5, 0.6) is 11.5 Å². The molecule has 2 aromatic carbocycles. The summed E-state index contributed by atoms with van der Waals surface area (Å²) in [5, 5.41) is 0. The molecule has 2 aliphatic heterocycles. The number of nitrogens with zero attached hydrogens (tertiary/aromatic N) is 2. The van der Waals surface area contributed by atoms with Crippen molar-refractivity contribution in [2.75, 3.05) is 32.8 Å². The first-order valence-corrected chi connectivity index (χ1v) is 12.3. The van der Waals surface area contributed by atoms with Crippen molar-refractivity contribution < 1.29 is 32.2 Å². The van der Waals surface area contributed by atoms with E-state index in [0.717, 1.165) is 50.9 Å². The SMILES string of the molecule is O=C(CC1(COc2ccccc2)CCCN(C(=O)c2ccc(OC(F)(F)F)cc2)C1)N1CCCCC1. The summed E-state index contributed by atoms with van der Waals surface area (Å²) in [6, 6.07) is 14.3. The fourth-order valence-corrected chi connectivity index (χ4v) is 5.01. The molecular formula is C27H31F3N2O4. The van der Waals surface area contributed by atoms with Gasteiger partial charge in [-0.05, 0) is 68.5 Å². The van der Waals surface area contributed by atoms with Gasteiger partial charge in [0.15, 0.2) is 0 Å². The number of hydrogen-bond acceptors (Lipinski definition) is 4. The number of ether oxygens (including phenoxy) is 2. The van der Waals surface area contributed by atoms with Crippen LogP contribution < -0.4 is 9.47 Å². The molecule has 2 saturated heterocycles. The van der Waals surface area contributed by atoms with Gasteiger partial charge < -0.3 is 19.3 Å². The molecule has 0 aliphatic carbocycles. The van der Waals surface area contributed by atoms with Gasteiger partial charge >= 0.3 is 6.36 Å². The first-order chi connectivity index (χ1) is 17.2. The maximum absolute atomic E-state index is 13.3. The molecule has 36 heavy (non-hydrogen) atoms. The third kappa shape index (κ3) is 6.92. The predicted octanol–water partition coefficient (Wildman–Crippen LogP) is 5.29. The lowest BCUT2D eigenvalue weighted by atomic mass is 9.77. The van der Waals surface area contributed by atoms with E-state index in [1.807, 2.05) is 35.2 Å². The summed E-state index contributed by atoms with van der Waals surface area (Å²) in [5.74, 6) is 0.110. The topological polar surface area (TPSA) is 59.1 Å². The van der Waals surface area contributed by atoms with Gasteiger partial charge in [-0.3, -0.25) is 9.59 Å². The number of alkyl halides is 3. The third-order valence-corrected chi connectivity index (χ3v) is 6.81. The Morgan fingerprint density at radius 3 is 2.17 bits per heavy atom. The summed E-state index contributed by atoms with van der Waals surface area (Å²) < 4.78 is 47.4. The highest BCUT2D eigenvalue weighted by Crippen LogP contribution is 2.36. The lowest BCUT2D eigenvalue weighted by Gasteiger charge is -2.43. The smallest absolute Gasteiger partial charge is 0.493 e. The molecule has 0 N–H and O–H groups in total. The summed E-state index contributed by atoms with van der Waals surface area (Å²) in [6.45, 7) is 2.63. The maximum atomic E-state index is 13.3. The van der Waals surface area contributed by atoms with Crippen LogP contribution >= 0.6 is 0 Å². The number of para-hydroxylation sites is 1. The number of carbonyl (C=O) groups excluding carboxylic acids is 2. The van der Waals surface area contributed by atoms with Crippen LogP contribution in [-0.4, -0.2) is 60.8 Å². The van der Waals surface area contributed by atoms with Crippen molar-refractivity contribution in [3.8, 4) is 11.5 Å². The zero-order valence-corrected chi connectivity index (χ0v) is 20.1. The normalized spacial score (nSPS) is 20.6. The van der Waals surface area contributed by atoms with E-state index in [1.165, 1.54) is 12.1 Å². The highest BCUT2D eigenvalue weighted by atomic mass is 19.4. The summed E-state index contributed by atoms with van der Waals surface area (Å²) in [5.41, 5.74) is -0.288. The Balaban J connectivity index is 1.49. The van der Waals surface area contributed by atoms with E-state index in [9.17, 15) is 22.8 Å². The van der Waals surface area contributed by atoms with Crippen molar-refractivity contribution in [3.63, 3.8) is 0 Å². The lowest BCUT2D eigenvalue weighted by molar-refractivity contribution is -0.274. The average molecular weight is 505 g/mol. The van der Waals surface area contributed by atoms with Gasteiger partial charge in [-0.15, -0.1) is 13.2 Å². The van der Waals surface area contributed by atoms with Gasteiger partial charge in [-0.25, -0.2) is 0 Å². The summed E-state index contributed by atoms with van der Waals surface area (Å²) in [4.78, 5) is 30.1. The molecule has 2 aliphatic rings. The zero-order valence-electron chi connectivity index (χ0n) is 20.1. The highest BCUT2D eigenvalue weighted by molar-refractivity contribution is 5.94. The summed E-state index contributed by atoms with van der Waals surface area (Å²) >= 11 is 0. The number of carbonyl (C=O) groups is 2. The Bertz CT molecular complexity index is 1020. The lowest BCUT2D eigenvalue weighted by Crippen LogP contribution is -2.51. The molecule has 1 unspecified atom stereocenters. The van der Waals surface area contributed by atoms with Crippen molar-refractivity contribution in [2.45, 2.75) is 44.9 Å². The third-order valence-electron chi connectivity index (χ3n) is 6.81. The molecule has 4 rings (SSSR count). The molecule has 194 valence electrons. The minimum absolute atomic E-state index is 0.0781. The van der Waals surface area contributed by atoms with Crippen molar-refractivity contribution >= 4 is 11.8 Å². The minimum Gasteiger partial charge on any atom is -0.493 e. The van der Waals surface area contributed by atoms with Crippen LogP contribution in [0.1, 0.15) is 48.9 Å². The molecule has 0 bridgehead atoms. The van der Waals surface area contributed by atoms with Gasteiger partial charge in [0.25, 0.3) is 5.91 Å². The standard InChI is InChI=1S/C27H31F3N2O4/c28-27(29,30)36-23-12-10-21(11-13-23)25(34)32-17-7-14-26(19-32,20-35-22-8-3-1-4-9-22)18-24(33)31-15-5-2-6-16-31/h1,3-4,8-13H,2,5-7,14-20H2. The fourth-order valence-electron chi connectivity index (χ4n) is 5.01. The Labute approximate surface area is 209 Å². The van der Waals surface area contributed by atoms with Gasteiger partial charge in [0, 0.05) is 43.6 Å².